The third-order valence-corrected chi connectivity index (χ3v) is 7.30. The molecule has 2 aliphatic carbocycles. The van der Waals surface area contributed by atoms with Gasteiger partial charge in [0, 0.05) is 38.6 Å². The van der Waals surface area contributed by atoms with Gasteiger partial charge in [-0.3, -0.25) is 14.5 Å². The number of nitrogens with zero attached hydrogens (tertiary/aromatic N) is 2. The van der Waals surface area contributed by atoms with Crippen molar-refractivity contribution in [3.8, 4) is 11.1 Å². The van der Waals surface area contributed by atoms with Crippen LogP contribution in [0.5, 0.6) is 0 Å². The van der Waals surface area contributed by atoms with Gasteiger partial charge in [0.25, 0.3) is 0 Å². The third kappa shape index (κ3) is 5.17. The van der Waals surface area contributed by atoms with Crippen LogP contribution in [0.3, 0.4) is 0 Å². The molecule has 1 aliphatic heterocycles. The minimum Gasteiger partial charge on any atom is -0.481 e. The van der Waals surface area contributed by atoms with Crippen LogP contribution in [-0.2, 0) is 14.3 Å². The van der Waals surface area contributed by atoms with Gasteiger partial charge in [-0.05, 0) is 41.0 Å². The number of amides is 2. The van der Waals surface area contributed by atoms with Crippen molar-refractivity contribution in [2.24, 2.45) is 5.92 Å². The fraction of sp³-hybridized carbons (Fsp3) is 0.444. The second kappa shape index (κ2) is 10.1. The summed E-state index contributed by atoms with van der Waals surface area (Å²) in [6.07, 6.45) is 1.37. The molecule has 1 saturated carbocycles. The summed E-state index contributed by atoms with van der Waals surface area (Å²) in [6.45, 7) is 3.06. The van der Waals surface area contributed by atoms with Gasteiger partial charge in [0.1, 0.15) is 12.6 Å². The number of hydrogen-bond acceptors (Lipinski definition) is 5. The minimum absolute atomic E-state index is 0.0258. The van der Waals surface area contributed by atoms with E-state index in [0.29, 0.717) is 32.7 Å². The van der Waals surface area contributed by atoms with Crippen LogP contribution in [0.15, 0.2) is 48.5 Å². The fourth-order valence-electron chi connectivity index (χ4n) is 5.22. The van der Waals surface area contributed by atoms with Crippen LogP contribution in [0.1, 0.15) is 36.3 Å². The zero-order valence-electron chi connectivity index (χ0n) is 19.7. The van der Waals surface area contributed by atoms with Gasteiger partial charge in [-0.1, -0.05) is 48.5 Å². The number of carbonyl (C=O) groups is 3. The highest BCUT2D eigenvalue weighted by Gasteiger charge is 2.40. The van der Waals surface area contributed by atoms with Gasteiger partial charge in [-0.25, -0.2) is 4.79 Å². The van der Waals surface area contributed by atoms with Gasteiger partial charge in [0.05, 0.1) is 6.42 Å². The Hall–Kier alpha value is -3.39. The Morgan fingerprint density at radius 2 is 1.54 bits per heavy atom. The summed E-state index contributed by atoms with van der Waals surface area (Å²) in [7, 11) is 0. The normalized spacial score (nSPS) is 18.5. The average molecular weight is 478 g/mol. The van der Waals surface area contributed by atoms with Crippen LogP contribution in [0.4, 0.5) is 4.79 Å². The quantitative estimate of drug-likeness (QED) is 0.607. The first-order valence-corrected chi connectivity index (χ1v) is 12.4. The molecule has 0 spiro atoms. The van der Waals surface area contributed by atoms with Crippen LogP contribution in [0, 0.1) is 5.92 Å². The van der Waals surface area contributed by atoms with E-state index in [1.807, 2.05) is 24.3 Å². The summed E-state index contributed by atoms with van der Waals surface area (Å²) in [4.78, 5) is 40.6. The van der Waals surface area contributed by atoms with E-state index in [0.717, 1.165) is 24.0 Å². The van der Waals surface area contributed by atoms with E-state index in [-0.39, 0.29) is 30.8 Å². The maximum atomic E-state index is 13.2. The zero-order valence-corrected chi connectivity index (χ0v) is 19.7. The van der Waals surface area contributed by atoms with Crippen molar-refractivity contribution in [1.82, 2.24) is 15.1 Å². The van der Waals surface area contributed by atoms with E-state index < -0.39 is 18.1 Å². The second-order valence-corrected chi connectivity index (χ2v) is 9.60. The Balaban J connectivity index is 1.17. The molecular weight excluding hydrogens is 446 g/mol. The van der Waals surface area contributed by atoms with Crippen LogP contribution in [0.2, 0.25) is 0 Å². The molecule has 1 saturated heterocycles. The lowest BCUT2D eigenvalue weighted by Gasteiger charge is -2.36. The largest absolute Gasteiger partial charge is 0.481 e. The smallest absolute Gasteiger partial charge is 0.407 e. The Morgan fingerprint density at radius 3 is 2.11 bits per heavy atom. The molecule has 2 aromatic rings. The number of nitrogens with one attached hydrogen (secondary N) is 1. The number of aliphatic carboxylic acids is 1. The predicted molar refractivity (Wildman–Crippen MR) is 130 cm³/mol. The van der Waals surface area contributed by atoms with Crippen LogP contribution >= 0.6 is 0 Å². The number of carboxylic acid groups (broad SMARTS) is 1. The lowest BCUT2D eigenvalue weighted by atomic mass is 9.98. The predicted octanol–water partition coefficient (Wildman–Crippen LogP) is 2.92. The molecule has 1 unspecified atom stereocenters. The molecule has 0 radical (unpaired) electrons. The summed E-state index contributed by atoms with van der Waals surface area (Å²) in [5.74, 6) is -0.765. The average Bonchev–Trinajstić information content (AvgIpc) is 3.67. The number of piperazine rings is 1. The lowest BCUT2D eigenvalue weighted by molar-refractivity contribution is -0.139. The molecule has 0 bridgehead atoms. The van der Waals surface area contributed by atoms with Gasteiger partial charge in [-0.2, -0.15) is 0 Å². The van der Waals surface area contributed by atoms with Crippen molar-refractivity contribution < 1.29 is 24.2 Å². The highest BCUT2D eigenvalue weighted by Crippen LogP contribution is 2.44. The molecule has 3 aliphatic rings. The van der Waals surface area contributed by atoms with Crippen LogP contribution in [0.25, 0.3) is 11.1 Å². The van der Waals surface area contributed by atoms with E-state index >= 15 is 0 Å². The molecule has 2 amide bonds. The molecule has 0 aromatic heterocycles. The van der Waals surface area contributed by atoms with Gasteiger partial charge >= 0.3 is 12.1 Å². The number of ether oxygens (including phenoxy) is 1. The number of carbonyl (C=O) groups excluding carboxylic acids is 2. The number of hydrogen-bond donors (Lipinski definition) is 2. The van der Waals surface area contributed by atoms with Crippen LogP contribution < -0.4 is 5.32 Å². The molecule has 8 heteroatoms. The van der Waals surface area contributed by atoms with E-state index in [1.54, 1.807) is 4.90 Å². The van der Waals surface area contributed by atoms with E-state index in [4.69, 9.17) is 9.84 Å². The maximum absolute atomic E-state index is 13.2. The van der Waals surface area contributed by atoms with Crippen molar-refractivity contribution in [3.05, 3.63) is 59.7 Å². The highest BCUT2D eigenvalue weighted by molar-refractivity contribution is 5.86. The topological polar surface area (TPSA) is 99.2 Å². The highest BCUT2D eigenvalue weighted by atomic mass is 16.5. The van der Waals surface area contributed by atoms with Crippen molar-refractivity contribution in [2.45, 2.75) is 31.2 Å². The van der Waals surface area contributed by atoms with E-state index in [9.17, 15) is 14.4 Å². The molecule has 184 valence electrons. The molecular formula is C27H31N3O5. The Morgan fingerprint density at radius 1 is 0.943 bits per heavy atom. The summed E-state index contributed by atoms with van der Waals surface area (Å²) in [5, 5.41) is 11.7. The first-order chi connectivity index (χ1) is 17.0. The molecule has 2 N–H and O–H groups in total. The van der Waals surface area contributed by atoms with Crippen molar-refractivity contribution in [2.75, 3.05) is 39.3 Å². The Labute approximate surface area is 204 Å². The molecule has 2 fully saturated rings. The molecule has 35 heavy (non-hydrogen) atoms. The van der Waals surface area contributed by atoms with Gasteiger partial charge in [0.2, 0.25) is 5.91 Å². The first-order valence-electron chi connectivity index (χ1n) is 12.4. The second-order valence-electron chi connectivity index (χ2n) is 9.60. The van der Waals surface area contributed by atoms with E-state index in [1.165, 1.54) is 11.1 Å². The minimum atomic E-state index is -0.815. The number of fused-ring (bicyclic) bond motifs is 3. The third-order valence-electron chi connectivity index (χ3n) is 7.30. The summed E-state index contributed by atoms with van der Waals surface area (Å²) < 4.78 is 5.67. The summed E-state index contributed by atoms with van der Waals surface area (Å²) in [5.41, 5.74) is 4.64. The van der Waals surface area contributed by atoms with Crippen molar-refractivity contribution in [3.63, 3.8) is 0 Å². The molecule has 5 rings (SSSR count). The van der Waals surface area contributed by atoms with Gasteiger partial charge < -0.3 is 20.1 Å². The van der Waals surface area contributed by atoms with Gasteiger partial charge in [-0.15, -0.1) is 0 Å². The molecule has 2 aromatic carbocycles. The Kier molecular flexibility index (Phi) is 6.72. The molecule has 8 nitrogen and oxygen atoms in total. The summed E-state index contributed by atoms with van der Waals surface area (Å²) in [6, 6.07) is 15.8. The number of rotatable bonds is 8. The summed E-state index contributed by atoms with van der Waals surface area (Å²) >= 11 is 0. The monoisotopic (exact) mass is 477 g/mol. The standard InChI is InChI=1S/C27H31N3O5/c31-24(32)11-12-29-13-15-30(16-14-29)26(33)25(18-9-10-18)28-27(34)35-17-23-21-7-3-1-5-19(21)20-6-2-4-8-22(20)23/h1-8,18,23,25H,9-17H2,(H,28,34)(H,31,32). The zero-order chi connectivity index (χ0) is 24.4. The lowest BCUT2D eigenvalue weighted by Crippen LogP contribution is -2.55. The number of benzene rings is 2. The fourth-order valence-corrected chi connectivity index (χ4v) is 5.22. The molecule has 1 heterocycles. The maximum Gasteiger partial charge on any atom is 0.407 e. The van der Waals surface area contributed by atoms with Gasteiger partial charge in [0.15, 0.2) is 0 Å². The number of alkyl carbamates (subject to hydrolysis) is 1. The SMILES string of the molecule is O=C(O)CCN1CCN(C(=O)C(NC(=O)OCC2c3ccccc3-c3ccccc32)C2CC2)CC1. The van der Waals surface area contributed by atoms with E-state index in [2.05, 4.69) is 34.5 Å². The van der Waals surface area contributed by atoms with Crippen LogP contribution in [-0.4, -0.2) is 78.2 Å². The number of carboxylic acids is 1. The first kappa shape index (κ1) is 23.4. The Bertz CT molecular complexity index is 1060. The van der Waals surface area contributed by atoms with Crippen molar-refractivity contribution >= 4 is 18.0 Å². The van der Waals surface area contributed by atoms with Crippen molar-refractivity contribution in [1.29, 1.82) is 0 Å². The molecule has 1 atom stereocenters.